The number of benzene rings is 2. The zero-order valence-electron chi connectivity index (χ0n) is 18.2. The molecule has 7 nitrogen and oxygen atoms in total. The minimum absolute atomic E-state index is 0.133. The van der Waals surface area contributed by atoms with Crippen LogP contribution in [0.15, 0.2) is 69.9 Å². The number of furan rings is 1. The number of nitrogens with zero attached hydrogens (tertiary/aromatic N) is 2. The highest BCUT2D eigenvalue weighted by atomic mass is 19.1. The van der Waals surface area contributed by atoms with Gasteiger partial charge in [-0.25, -0.2) is 9.37 Å². The number of hydrogen-bond acceptors (Lipinski definition) is 5. The third kappa shape index (κ3) is 5.35. The number of amides is 1. The SMILES string of the molecule is COCCN(Cc1nc2ccccc2c(=O)[nH]1)C(=O)CCc1ccc(-c2ccccc2F)o1. The van der Waals surface area contributed by atoms with E-state index in [1.807, 2.05) is 6.07 Å². The highest BCUT2D eigenvalue weighted by molar-refractivity contribution is 5.78. The summed E-state index contributed by atoms with van der Waals surface area (Å²) >= 11 is 0. The Hall–Kier alpha value is -3.78. The number of nitrogens with one attached hydrogen (secondary N) is 1. The number of carbonyl (C=O) groups excluding carboxylic acids is 1. The Morgan fingerprint density at radius 1 is 1.12 bits per heavy atom. The molecule has 0 radical (unpaired) electrons. The van der Waals surface area contributed by atoms with Crippen LogP contribution in [0.4, 0.5) is 4.39 Å². The zero-order valence-corrected chi connectivity index (χ0v) is 18.2. The lowest BCUT2D eigenvalue weighted by atomic mass is 10.1. The molecule has 0 unspecified atom stereocenters. The van der Waals surface area contributed by atoms with E-state index in [1.165, 1.54) is 6.07 Å². The summed E-state index contributed by atoms with van der Waals surface area (Å²) in [5.74, 6) is 0.919. The number of methoxy groups -OCH3 is 1. The van der Waals surface area contributed by atoms with Crippen molar-refractivity contribution in [2.75, 3.05) is 20.3 Å². The van der Waals surface area contributed by atoms with E-state index in [0.29, 0.717) is 53.4 Å². The normalized spacial score (nSPS) is 11.1. The van der Waals surface area contributed by atoms with Crippen molar-refractivity contribution in [1.82, 2.24) is 14.9 Å². The van der Waals surface area contributed by atoms with Crippen LogP contribution in [-0.4, -0.2) is 41.0 Å². The molecule has 8 heteroatoms. The van der Waals surface area contributed by atoms with Gasteiger partial charge in [-0.2, -0.15) is 0 Å². The zero-order chi connectivity index (χ0) is 23.2. The first kappa shape index (κ1) is 22.4. The molecule has 0 saturated heterocycles. The molecule has 4 aromatic rings. The van der Waals surface area contributed by atoms with Gasteiger partial charge in [0.1, 0.15) is 23.2 Å². The van der Waals surface area contributed by atoms with Gasteiger partial charge in [-0.3, -0.25) is 9.59 Å². The molecule has 1 amide bonds. The minimum Gasteiger partial charge on any atom is -0.461 e. The van der Waals surface area contributed by atoms with Gasteiger partial charge < -0.3 is 19.0 Å². The van der Waals surface area contributed by atoms with Gasteiger partial charge in [0.15, 0.2) is 0 Å². The molecule has 2 aromatic carbocycles. The van der Waals surface area contributed by atoms with Crippen molar-refractivity contribution in [1.29, 1.82) is 0 Å². The lowest BCUT2D eigenvalue weighted by Gasteiger charge is -2.22. The first-order valence-corrected chi connectivity index (χ1v) is 10.6. The van der Waals surface area contributed by atoms with Crippen LogP contribution in [-0.2, 0) is 22.5 Å². The fourth-order valence-corrected chi connectivity index (χ4v) is 3.59. The number of aromatic nitrogens is 2. The predicted molar refractivity (Wildman–Crippen MR) is 122 cm³/mol. The molecule has 2 aromatic heterocycles. The average molecular weight is 449 g/mol. The Labute approximate surface area is 189 Å². The van der Waals surface area contributed by atoms with Crippen molar-refractivity contribution in [3.05, 3.63) is 88.4 Å². The van der Waals surface area contributed by atoms with Gasteiger partial charge in [-0.15, -0.1) is 0 Å². The number of rotatable bonds is 9. The Balaban J connectivity index is 1.45. The van der Waals surface area contributed by atoms with E-state index in [9.17, 15) is 14.0 Å². The van der Waals surface area contributed by atoms with Crippen LogP contribution in [0.3, 0.4) is 0 Å². The van der Waals surface area contributed by atoms with Crippen LogP contribution < -0.4 is 5.56 Å². The number of halogens is 1. The Morgan fingerprint density at radius 3 is 2.73 bits per heavy atom. The van der Waals surface area contributed by atoms with Crippen molar-refractivity contribution in [2.45, 2.75) is 19.4 Å². The Kier molecular flexibility index (Phi) is 6.95. The molecule has 0 atom stereocenters. The summed E-state index contributed by atoms with van der Waals surface area (Å²) in [6.45, 7) is 0.854. The van der Waals surface area contributed by atoms with Gasteiger partial charge in [0.25, 0.3) is 5.56 Å². The molecule has 2 heterocycles. The van der Waals surface area contributed by atoms with Crippen LogP contribution in [0.1, 0.15) is 18.0 Å². The molecule has 1 N–H and O–H groups in total. The van der Waals surface area contributed by atoms with Gasteiger partial charge in [0.2, 0.25) is 5.91 Å². The standard InChI is InChI=1S/C25H24FN3O4/c1-32-15-14-29(16-23-27-21-9-5-3-7-19(21)25(31)28-23)24(30)13-11-17-10-12-22(33-17)18-6-2-4-8-20(18)26/h2-10,12H,11,13-16H2,1H3,(H,27,28,31). The summed E-state index contributed by atoms with van der Waals surface area (Å²) in [5, 5.41) is 0.500. The molecule has 4 rings (SSSR count). The fraction of sp³-hybridized carbons (Fsp3) is 0.240. The highest BCUT2D eigenvalue weighted by Crippen LogP contribution is 2.25. The van der Waals surface area contributed by atoms with Crippen molar-refractivity contribution < 1.29 is 18.3 Å². The van der Waals surface area contributed by atoms with Gasteiger partial charge in [-0.05, 0) is 36.4 Å². The van der Waals surface area contributed by atoms with Crippen molar-refractivity contribution in [3.63, 3.8) is 0 Å². The Bertz CT molecular complexity index is 1310. The maximum absolute atomic E-state index is 14.0. The molecule has 33 heavy (non-hydrogen) atoms. The van der Waals surface area contributed by atoms with E-state index in [4.69, 9.17) is 9.15 Å². The summed E-state index contributed by atoms with van der Waals surface area (Å²) in [6.07, 6.45) is 0.546. The van der Waals surface area contributed by atoms with E-state index < -0.39 is 0 Å². The van der Waals surface area contributed by atoms with Crippen LogP contribution in [0.2, 0.25) is 0 Å². The first-order chi connectivity index (χ1) is 16.0. The fourth-order valence-electron chi connectivity index (χ4n) is 3.59. The second-order valence-corrected chi connectivity index (χ2v) is 7.58. The van der Waals surface area contributed by atoms with Crippen molar-refractivity contribution in [2.24, 2.45) is 0 Å². The van der Waals surface area contributed by atoms with E-state index in [2.05, 4.69) is 9.97 Å². The predicted octanol–water partition coefficient (Wildman–Crippen LogP) is 3.93. The van der Waals surface area contributed by atoms with Gasteiger partial charge >= 0.3 is 0 Å². The van der Waals surface area contributed by atoms with Crippen LogP contribution in [0, 0.1) is 5.82 Å². The molecule has 0 fully saturated rings. The molecular weight excluding hydrogens is 425 g/mol. The minimum atomic E-state index is -0.364. The average Bonchev–Trinajstić information content (AvgIpc) is 3.29. The number of aryl methyl sites for hydroxylation is 1. The van der Waals surface area contributed by atoms with Crippen LogP contribution in [0.5, 0.6) is 0 Å². The lowest BCUT2D eigenvalue weighted by molar-refractivity contribution is -0.132. The topological polar surface area (TPSA) is 88.4 Å². The highest BCUT2D eigenvalue weighted by Gasteiger charge is 2.17. The number of fused-ring (bicyclic) bond motifs is 1. The summed E-state index contributed by atoms with van der Waals surface area (Å²) < 4.78 is 24.9. The smallest absolute Gasteiger partial charge is 0.258 e. The lowest BCUT2D eigenvalue weighted by Crippen LogP contribution is -2.34. The second kappa shape index (κ2) is 10.2. The van der Waals surface area contributed by atoms with E-state index in [-0.39, 0.29) is 30.2 Å². The maximum atomic E-state index is 14.0. The number of para-hydroxylation sites is 1. The van der Waals surface area contributed by atoms with Crippen LogP contribution >= 0.6 is 0 Å². The van der Waals surface area contributed by atoms with Crippen molar-refractivity contribution >= 4 is 16.8 Å². The number of ether oxygens (including phenoxy) is 1. The summed E-state index contributed by atoms with van der Waals surface area (Å²) in [4.78, 5) is 34.1. The molecule has 0 saturated carbocycles. The summed E-state index contributed by atoms with van der Waals surface area (Å²) in [5.41, 5.74) is 0.709. The number of hydrogen-bond donors (Lipinski definition) is 1. The molecule has 170 valence electrons. The van der Waals surface area contributed by atoms with E-state index in [0.717, 1.165) is 0 Å². The quantitative estimate of drug-likeness (QED) is 0.418. The summed E-state index contributed by atoms with van der Waals surface area (Å²) in [7, 11) is 1.56. The maximum Gasteiger partial charge on any atom is 0.258 e. The molecule has 0 aliphatic carbocycles. The molecule has 0 spiro atoms. The third-order valence-electron chi connectivity index (χ3n) is 5.31. The third-order valence-corrected chi connectivity index (χ3v) is 5.31. The largest absolute Gasteiger partial charge is 0.461 e. The second-order valence-electron chi connectivity index (χ2n) is 7.58. The number of carbonyl (C=O) groups is 1. The molecular formula is C25H24FN3O4. The number of aromatic amines is 1. The Morgan fingerprint density at radius 2 is 1.91 bits per heavy atom. The number of H-pyrrole nitrogens is 1. The van der Waals surface area contributed by atoms with Gasteiger partial charge in [0, 0.05) is 26.5 Å². The molecule has 0 bridgehead atoms. The summed E-state index contributed by atoms with van der Waals surface area (Å²) in [6, 6.07) is 16.9. The van der Waals surface area contributed by atoms with E-state index in [1.54, 1.807) is 60.5 Å². The first-order valence-electron chi connectivity index (χ1n) is 10.6. The van der Waals surface area contributed by atoms with E-state index >= 15 is 0 Å². The monoisotopic (exact) mass is 449 g/mol. The molecule has 0 aliphatic rings. The van der Waals surface area contributed by atoms with Gasteiger partial charge in [-0.1, -0.05) is 24.3 Å². The molecule has 0 aliphatic heterocycles. The van der Waals surface area contributed by atoms with Crippen molar-refractivity contribution in [3.8, 4) is 11.3 Å². The van der Waals surface area contributed by atoms with Gasteiger partial charge in [0.05, 0.1) is 29.6 Å². The van der Waals surface area contributed by atoms with Crippen LogP contribution in [0.25, 0.3) is 22.2 Å².